The maximum atomic E-state index is 13.7. The third-order valence-electron chi connectivity index (χ3n) is 6.81. The molecular weight excluding hydrogens is 496 g/mol. The number of nitrogens with one attached hydrogen (secondary N) is 1. The predicted octanol–water partition coefficient (Wildman–Crippen LogP) is 5.91. The molecule has 1 aromatic heterocycles. The molecule has 8 heteroatoms. The highest BCUT2D eigenvalue weighted by Crippen LogP contribution is 2.47. The van der Waals surface area contributed by atoms with Gasteiger partial charge in [0.05, 0.1) is 37.5 Å². The molecule has 8 nitrogen and oxygen atoms in total. The van der Waals surface area contributed by atoms with E-state index >= 15 is 0 Å². The Morgan fingerprint density at radius 2 is 1.72 bits per heavy atom. The van der Waals surface area contributed by atoms with E-state index in [0.717, 1.165) is 22.2 Å². The van der Waals surface area contributed by atoms with Crippen LogP contribution < -0.4 is 19.1 Å². The normalized spacial score (nSPS) is 16.6. The molecule has 0 aliphatic carbocycles. The summed E-state index contributed by atoms with van der Waals surface area (Å²) in [6.45, 7) is 6.39. The third kappa shape index (κ3) is 4.48. The van der Waals surface area contributed by atoms with Crippen LogP contribution in [0.2, 0.25) is 0 Å². The molecule has 0 radical (unpaired) electrons. The van der Waals surface area contributed by atoms with Crippen LogP contribution in [0.5, 0.6) is 17.2 Å². The monoisotopic (exact) mass is 526 g/mol. The number of carbonyl (C=O) groups is 2. The zero-order valence-corrected chi connectivity index (χ0v) is 22.3. The van der Waals surface area contributed by atoms with E-state index in [1.165, 1.54) is 12.0 Å². The van der Waals surface area contributed by atoms with Crippen LogP contribution in [0.15, 0.2) is 72.3 Å². The highest BCUT2D eigenvalue weighted by Gasteiger charge is 2.48. The summed E-state index contributed by atoms with van der Waals surface area (Å²) in [5, 5.41) is 12.6. The van der Waals surface area contributed by atoms with E-state index in [1.807, 2.05) is 45.0 Å². The van der Waals surface area contributed by atoms with Crippen LogP contribution in [-0.2, 0) is 9.59 Å². The van der Waals surface area contributed by atoms with Gasteiger partial charge in [-0.15, -0.1) is 0 Å². The fourth-order valence-corrected chi connectivity index (χ4v) is 5.16. The van der Waals surface area contributed by atoms with E-state index in [-0.39, 0.29) is 11.3 Å². The number of ketones is 1. The largest absolute Gasteiger partial charge is 0.507 e. The Morgan fingerprint density at radius 1 is 0.949 bits per heavy atom. The van der Waals surface area contributed by atoms with E-state index in [9.17, 15) is 14.7 Å². The Balaban J connectivity index is 1.79. The first-order valence-corrected chi connectivity index (χ1v) is 12.8. The van der Waals surface area contributed by atoms with Crippen LogP contribution in [0.1, 0.15) is 36.7 Å². The van der Waals surface area contributed by atoms with Gasteiger partial charge in [0.25, 0.3) is 11.7 Å². The molecule has 1 aliphatic heterocycles. The summed E-state index contributed by atoms with van der Waals surface area (Å²) < 4.78 is 16.8. The second-order valence-corrected chi connectivity index (χ2v) is 9.10. The number of aryl methyl sites for hydroxylation is 1. The molecule has 1 atom stereocenters. The zero-order valence-electron chi connectivity index (χ0n) is 22.3. The minimum Gasteiger partial charge on any atom is -0.507 e. The highest BCUT2D eigenvalue weighted by molar-refractivity contribution is 6.52. The average molecular weight is 527 g/mol. The van der Waals surface area contributed by atoms with Gasteiger partial charge in [-0.05, 0) is 51.1 Å². The number of hydrogen-bond acceptors (Lipinski definition) is 6. The quantitative estimate of drug-likeness (QED) is 0.168. The van der Waals surface area contributed by atoms with Crippen molar-refractivity contribution in [3.8, 4) is 17.2 Å². The van der Waals surface area contributed by atoms with Crippen LogP contribution in [-0.4, -0.2) is 42.1 Å². The van der Waals surface area contributed by atoms with E-state index in [1.54, 1.807) is 42.5 Å². The number of aliphatic hydroxyl groups is 1. The molecule has 1 unspecified atom stereocenters. The fraction of sp³-hybridized carbons (Fsp3) is 0.226. The third-order valence-corrected chi connectivity index (χ3v) is 6.81. The standard InChI is InChI=1S/C31H30N2O6/c1-5-38-21-14-15-23(25(17-21)39-6-2)29(34)27-28(26-18(3)32-24-13-8-7-12-22(24)26)33(31(36)30(27)35)19-10-9-11-20(16-19)37-4/h7-17,28,32,34H,5-6H2,1-4H3/b29-27+. The maximum absolute atomic E-state index is 13.7. The number of para-hydroxylation sites is 1. The topological polar surface area (TPSA) is 101 Å². The number of nitrogens with zero attached hydrogens (tertiary/aromatic N) is 1. The summed E-state index contributed by atoms with van der Waals surface area (Å²) in [4.78, 5) is 32.2. The number of H-pyrrole nitrogens is 1. The number of amides is 1. The molecule has 1 fully saturated rings. The lowest BCUT2D eigenvalue weighted by molar-refractivity contribution is -0.132. The number of aliphatic hydroxyl groups excluding tert-OH is 1. The Kier molecular flexibility index (Phi) is 7.02. The molecule has 3 aromatic carbocycles. The summed E-state index contributed by atoms with van der Waals surface area (Å²) in [6.07, 6.45) is 0. The molecule has 4 aromatic rings. The SMILES string of the molecule is CCOc1ccc(/C(O)=C2\C(=O)C(=O)N(c3cccc(OC)c3)C2c2c(C)[nH]c3ccccc23)c(OCC)c1. The molecule has 2 heterocycles. The highest BCUT2D eigenvalue weighted by atomic mass is 16.5. The van der Waals surface area contributed by atoms with Crippen LogP contribution in [0.25, 0.3) is 16.7 Å². The average Bonchev–Trinajstić information content (AvgIpc) is 3.40. The molecule has 1 aliphatic rings. The number of aromatic nitrogens is 1. The lowest BCUT2D eigenvalue weighted by atomic mass is 9.93. The van der Waals surface area contributed by atoms with Crippen LogP contribution in [0.4, 0.5) is 5.69 Å². The Morgan fingerprint density at radius 3 is 2.46 bits per heavy atom. The Hall–Kier alpha value is -4.72. The second kappa shape index (κ2) is 10.6. The first kappa shape index (κ1) is 25.9. The first-order valence-electron chi connectivity index (χ1n) is 12.8. The molecule has 39 heavy (non-hydrogen) atoms. The fourth-order valence-electron chi connectivity index (χ4n) is 5.16. The van der Waals surface area contributed by atoms with E-state index in [0.29, 0.717) is 41.7 Å². The van der Waals surface area contributed by atoms with E-state index in [2.05, 4.69) is 4.98 Å². The van der Waals surface area contributed by atoms with Gasteiger partial charge < -0.3 is 24.3 Å². The second-order valence-electron chi connectivity index (χ2n) is 9.10. The number of aromatic amines is 1. The number of anilines is 1. The van der Waals surface area contributed by atoms with Gasteiger partial charge in [-0.1, -0.05) is 24.3 Å². The summed E-state index contributed by atoms with van der Waals surface area (Å²) in [5.74, 6) is -0.403. The number of fused-ring (bicyclic) bond motifs is 1. The minimum atomic E-state index is -0.908. The van der Waals surface area contributed by atoms with Crippen LogP contribution in [0, 0.1) is 6.92 Å². The molecule has 1 amide bonds. The smallest absolute Gasteiger partial charge is 0.300 e. The van der Waals surface area contributed by atoms with Crippen molar-refractivity contribution in [2.24, 2.45) is 0 Å². The first-order chi connectivity index (χ1) is 18.9. The zero-order chi connectivity index (χ0) is 27.7. The van der Waals surface area contributed by atoms with Gasteiger partial charge in [0.1, 0.15) is 23.0 Å². The van der Waals surface area contributed by atoms with E-state index in [4.69, 9.17) is 14.2 Å². The summed E-state index contributed by atoms with van der Waals surface area (Å²) in [5.41, 5.74) is 3.10. The molecule has 0 spiro atoms. The van der Waals surface area contributed by atoms with Crippen molar-refractivity contribution in [2.75, 3.05) is 25.2 Å². The summed E-state index contributed by atoms with van der Waals surface area (Å²) in [6, 6.07) is 18.7. The lowest BCUT2D eigenvalue weighted by Crippen LogP contribution is -2.29. The number of ether oxygens (including phenoxy) is 3. The molecule has 1 saturated heterocycles. The van der Waals surface area contributed by atoms with Crippen molar-refractivity contribution in [2.45, 2.75) is 26.8 Å². The molecule has 5 rings (SSSR count). The molecule has 0 saturated carbocycles. The summed E-state index contributed by atoms with van der Waals surface area (Å²) in [7, 11) is 1.54. The number of carbonyl (C=O) groups excluding carboxylic acids is 2. The van der Waals surface area contributed by atoms with Crippen molar-refractivity contribution in [3.05, 3.63) is 89.1 Å². The van der Waals surface area contributed by atoms with Gasteiger partial charge >= 0.3 is 0 Å². The van der Waals surface area contributed by atoms with Gasteiger partial charge in [0, 0.05) is 40.0 Å². The van der Waals surface area contributed by atoms with E-state index < -0.39 is 17.7 Å². The van der Waals surface area contributed by atoms with Crippen molar-refractivity contribution in [1.29, 1.82) is 0 Å². The number of methoxy groups -OCH3 is 1. The molecule has 2 N–H and O–H groups in total. The number of hydrogen-bond donors (Lipinski definition) is 2. The van der Waals surface area contributed by atoms with Gasteiger partial charge in [0.15, 0.2) is 0 Å². The number of Topliss-reactive ketones (excluding diaryl/α,β-unsaturated/α-hetero) is 1. The van der Waals surface area contributed by atoms with Crippen molar-refractivity contribution in [1.82, 2.24) is 4.98 Å². The van der Waals surface area contributed by atoms with Crippen molar-refractivity contribution >= 4 is 34.0 Å². The predicted molar refractivity (Wildman–Crippen MR) is 150 cm³/mol. The molecule has 200 valence electrons. The van der Waals surface area contributed by atoms with Crippen molar-refractivity contribution in [3.63, 3.8) is 0 Å². The molecular formula is C31H30N2O6. The van der Waals surface area contributed by atoms with Crippen LogP contribution in [0.3, 0.4) is 0 Å². The molecule has 0 bridgehead atoms. The van der Waals surface area contributed by atoms with Gasteiger partial charge in [-0.25, -0.2) is 0 Å². The Labute approximate surface area is 226 Å². The number of benzene rings is 3. The van der Waals surface area contributed by atoms with Gasteiger partial charge in [-0.3, -0.25) is 14.5 Å². The van der Waals surface area contributed by atoms with Crippen LogP contribution >= 0.6 is 0 Å². The Bertz CT molecular complexity index is 1600. The maximum Gasteiger partial charge on any atom is 0.300 e. The van der Waals surface area contributed by atoms with Crippen molar-refractivity contribution < 1.29 is 28.9 Å². The minimum absolute atomic E-state index is 0.0271. The van der Waals surface area contributed by atoms with Gasteiger partial charge in [-0.2, -0.15) is 0 Å². The number of rotatable bonds is 8. The summed E-state index contributed by atoms with van der Waals surface area (Å²) >= 11 is 0. The van der Waals surface area contributed by atoms with Gasteiger partial charge in [0.2, 0.25) is 0 Å². The lowest BCUT2D eigenvalue weighted by Gasteiger charge is -2.26.